The van der Waals surface area contributed by atoms with Crippen molar-refractivity contribution in [1.82, 2.24) is 4.90 Å². The zero-order valence-corrected chi connectivity index (χ0v) is 8.84. The fourth-order valence-electron chi connectivity index (χ4n) is 1.76. The first-order valence-electron chi connectivity index (χ1n) is 5.01. The van der Waals surface area contributed by atoms with E-state index in [9.17, 15) is 14.4 Å². The van der Waals surface area contributed by atoms with Crippen LogP contribution >= 0.6 is 0 Å². The Balaban J connectivity index is 2.25. The van der Waals surface area contributed by atoms with Gasteiger partial charge in [-0.2, -0.15) is 0 Å². The van der Waals surface area contributed by atoms with Crippen molar-refractivity contribution in [2.24, 2.45) is 5.92 Å². The molecule has 0 saturated carbocycles. The lowest BCUT2D eigenvalue weighted by Gasteiger charge is -2.07. The Hall–Kier alpha value is -1.97. The number of likely N-dealkylation sites (tertiary alicyclic amines) is 1. The summed E-state index contributed by atoms with van der Waals surface area (Å²) >= 11 is 0. The number of rotatable bonds is 2. The lowest BCUT2D eigenvalue weighted by atomic mass is 9.96. The monoisotopic (exact) mass is 217 g/mol. The van der Waals surface area contributed by atoms with E-state index >= 15 is 0 Å². The lowest BCUT2D eigenvalue weighted by molar-refractivity contribution is -0.137. The minimum absolute atomic E-state index is 0.0109. The van der Waals surface area contributed by atoms with Crippen LogP contribution in [0.2, 0.25) is 0 Å². The van der Waals surface area contributed by atoms with Gasteiger partial charge in [-0.1, -0.05) is 30.3 Å². The Morgan fingerprint density at radius 2 is 1.88 bits per heavy atom. The molecule has 1 aliphatic rings. The molecule has 1 saturated heterocycles. The van der Waals surface area contributed by atoms with Gasteiger partial charge in [0, 0.05) is 19.0 Å². The maximum Gasteiger partial charge on any atom is 0.240 e. The molecule has 1 heterocycles. The smallest absolute Gasteiger partial charge is 0.240 e. The third-order valence-electron chi connectivity index (χ3n) is 2.76. The Labute approximate surface area is 92.9 Å². The molecule has 1 atom stereocenters. The van der Waals surface area contributed by atoms with E-state index in [1.807, 2.05) is 0 Å². The zero-order chi connectivity index (χ0) is 11.7. The summed E-state index contributed by atoms with van der Waals surface area (Å²) in [5, 5.41) is 0. The highest BCUT2D eigenvalue weighted by Crippen LogP contribution is 2.22. The van der Waals surface area contributed by atoms with Crippen molar-refractivity contribution in [2.75, 3.05) is 7.05 Å². The summed E-state index contributed by atoms with van der Waals surface area (Å²) in [4.78, 5) is 35.9. The van der Waals surface area contributed by atoms with Crippen molar-refractivity contribution >= 4 is 17.6 Å². The highest BCUT2D eigenvalue weighted by Gasteiger charge is 2.40. The van der Waals surface area contributed by atoms with E-state index in [2.05, 4.69) is 0 Å². The van der Waals surface area contributed by atoms with Crippen LogP contribution in [0.4, 0.5) is 0 Å². The van der Waals surface area contributed by atoms with Gasteiger partial charge in [-0.15, -0.1) is 0 Å². The summed E-state index contributed by atoms with van der Waals surface area (Å²) in [6.07, 6.45) is -0.0109. The average molecular weight is 217 g/mol. The van der Waals surface area contributed by atoms with E-state index in [0.29, 0.717) is 5.56 Å². The molecule has 4 heteroatoms. The average Bonchev–Trinajstić information content (AvgIpc) is 2.57. The molecule has 1 aliphatic heterocycles. The van der Waals surface area contributed by atoms with Gasteiger partial charge in [-0.05, 0) is 0 Å². The van der Waals surface area contributed by atoms with Gasteiger partial charge in [-0.25, -0.2) is 0 Å². The number of benzene rings is 1. The highest BCUT2D eigenvalue weighted by molar-refractivity contribution is 6.18. The van der Waals surface area contributed by atoms with Crippen LogP contribution in [-0.2, 0) is 9.59 Å². The molecule has 0 N–H and O–H groups in total. The van der Waals surface area contributed by atoms with E-state index in [1.54, 1.807) is 30.3 Å². The van der Waals surface area contributed by atoms with Crippen molar-refractivity contribution in [3.63, 3.8) is 0 Å². The second-order valence-corrected chi connectivity index (χ2v) is 3.78. The van der Waals surface area contributed by atoms with Crippen molar-refractivity contribution in [2.45, 2.75) is 6.42 Å². The third kappa shape index (κ3) is 1.62. The molecule has 1 fully saturated rings. The van der Waals surface area contributed by atoms with Crippen molar-refractivity contribution in [1.29, 1.82) is 0 Å². The third-order valence-corrected chi connectivity index (χ3v) is 2.76. The molecule has 0 spiro atoms. The van der Waals surface area contributed by atoms with Gasteiger partial charge in [0.2, 0.25) is 11.8 Å². The largest absolute Gasteiger partial charge is 0.293 e. The standard InChI is InChI=1S/C12H11NO3/c1-13-10(14)7-9(12(13)16)11(15)8-5-3-2-4-6-8/h2-6,9H,7H2,1H3. The first kappa shape index (κ1) is 10.5. The molecular weight excluding hydrogens is 206 g/mol. The number of hydrogen-bond acceptors (Lipinski definition) is 3. The van der Waals surface area contributed by atoms with Crippen LogP contribution in [0.25, 0.3) is 0 Å². The summed E-state index contributed by atoms with van der Waals surface area (Å²) < 4.78 is 0. The zero-order valence-electron chi connectivity index (χ0n) is 8.84. The molecule has 2 amide bonds. The Morgan fingerprint density at radius 1 is 1.25 bits per heavy atom. The summed E-state index contributed by atoms with van der Waals surface area (Å²) in [6.45, 7) is 0. The molecule has 0 aliphatic carbocycles. The Kier molecular flexibility index (Phi) is 2.56. The van der Waals surface area contributed by atoms with E-state index in [-0.39, 0.29) is 18.1 Å². The Bertz CT molecular complexity index is 453. The van der Waals surface area contributed by atoms with Crippen molar-refractivity contribution < 1.29 is 14.4 Å². The number of imide groups is 1. The molecule has 0 aromatic heterocycles. The van der Waals surface area contributed by atoms with Gasteiger partial charge in [0.25, 0.3) is 0 Å². The van der Waals surface area contributed by atoms with Crippen LogP contribution in [0.3, 0.4) is 0 Å². The van der Waals surface area contributed by atoms with Gasteiger partial charge in [0.05, 0.1) is 0 Å². The maximum atomic E-state index is 11.9. The first-order chi connectivity index (χ1) is 7.61. The predicted molar refractivity (Wildman–Crippen MR) is 56.7 cm³/mol. The fourth-order valence-corrected chi connectivity index (χ4v) is 1.76. The molecule has 16 heavy (non-hydrogen) atoms. The number of carbonyl (C=O) groups is 3. The van der Waals surface area contributed by atoms with E-state index in [1.165, 1.54) is 7.05 Å². The minimum atomic E-state index is -0.833. The van der Waals surface area contributed by atoms with Crippen molar-refractivity contribution in [3.8, 4) is 0 Å². The van der Waals surface area contributed by atoms with Crippen LogP contribution in [0, 0.1) is 5.92 Å². The number of hydrogen-bond donors (Lipinski definition) is 0. The molecule has 2 rings (SSSR count). The van der Waals surface area contributed by atoms with Gasteiger partial charge in [0.1, 0.15) is 5.92 Å². The number of carbonyl (C=O) groups excluding carboxylic acids is 3. The summed E-state index contributed by atoms with van der Waals surface area (Å²) in [7, 11) is 1.41. The van der Waals surface area contributed by atoms with Gasteiger partial charge >= 0.3 is 0 Å². The summed E-state index contributed by atoms with van der Waals surface area (Å²) in [5.74, 6) is -1.80. The van der Waals surface area contributed by atoms with Gasteiger partial charge in [0.15, 0.2) is 5.78 Å². The quantitative estimate of drug-likeness (QED) is 0.419. The van der Waals surface area contributed by atoms with E-state index in [0.717, 1.165) is 4.90 Å². The van der Waals surface area contributed by atoms with Gasteiger partial charge in [-0.3, -0.25) is 19.3 Å². The Morgan fingerprint density at radius 3 is 2.38 bits per heavy atom. The molecule has 0 bridgehead atoms. The SMILES string of the molecule is CN1C(=O)CC(C(=O)c2ccccc2)C1=O. The normalized spacial score (nSPS) is 20.3. The number of Topliss-reactive ketones (excluding diaryl/α,β-unsaturated/α-hetero) is 1. The minimum Gasteiger partial charge on any atom is -0.293 e. The van der Waals surface area contributed by atoms with Gasteiger partial charge < -0.3 is 0 Å². The second kappa shape index (κ2) is 3.89. The molecule has 4 nitrogen and oxygen atoms in total. The van der Waals surface area contributed by atoms with Crippen LogP contribution in [0.5, 0.6) is 0 Å². The van der Waals surface area contributed by atoms with Crippen LogP contribution in [-0.4, -0.2) is 29.5 Å². The van der Waals surface area contributed by atoms with Crippen LogP contribution in [0.15, 0.2) is 30.3 Å². The lowest BCUT2D eigenvalue weighted by Crippen LogP contribution is -2.28. The summed E-state index contributed by atoms with van der Waals surface area (Å²) in [5.41, 5.74) is 0.476. The topological polar surface area (TPSA) is 54.5 Å². The number of amides is 2. The molecular formula is C12H11NO3. The van der Waals surface area contributed by atoms with Crippen LogP contribution in [0.1, 0.15) is 16.8 Å². The fraction of sp³-hybridized carbons (Fsp3) is 0.250. The number of nitrogens with zero attached hydrogens (tertiary/aromatic N) is 1. The maximum absolute atomic E-state index is 11.9. The summed E-state index contributed by atoms with van der Waals surface area (Å²) in [6, 6.07) is 8.57. The molecule has 1 unspecified atom stereocenters. The molecule has 82 valence electrons. The molecule has 0 radical (unpaired) electrons. The molecule has 1 aromatic carbocycles. The van der Waals surface area contributed by atoms with E-state index < -0.39 is 11.8 Å². The number of ketones is 1. The predicted octanol–water partition coefficient (Wildman–Crippen LogP) is 0.874. The van der Waals surface area contributed by atoms with E-state index in [4.69, 9.17) is 0 Å². The highest BCUT2D eigenvalue weighted by atomic mass is 16.2. The van der Waals surface area contributed by atoms with Crippen molar-refractivity contribution in [3.05, 3.63) is 35.9 Å². The second-order valence-electron chi connectivity index (χ2n) is 3.78. The van der Waals surface area contributed by atoms with Crippen LogP contribution < -0.4 is 0 Å². The molecule has 1 aromatic rings. The first-order valence-corrected chi connectivity index (χ1v) is 5.01.